The van der Waals surface area contributed by atoms with Gasteiger partial charge < -0.3 is 5.32 Å². The van der Waals surface area contributed by atoms with Crippen molar-refractivity contribution in [3.8, 4) is 0 Å². The SMILES string of the molecule is CCc1ccsc1CNCc1ccc(Cl)cc1[N+](=O)[O-]. The Hall–Kier alpha value is -1.43. The summed E-state index contributed by atoms with van der Waals surface area (Å²) < 4.78 is 0. The van der Waals surface area contributed by atoms with Gasteiger partial charge in [0, 0.05) is 34.6 Å². The first kappa shape index (κ1) is 15.0. The lowest BCUT2D eigenvalue weighted by Crippen LogP contribution is -2.13. The van der Waals surface area contributed by atoms with Crippen LogP contribution in [0.5, 0.6) is 0 Å². The largest absolute Gasteiger partial charge is 0.308 e. The van der Waals surface area contributed by atoms with Gasteiger partial charge in [-0.1, -0.05) is 18.5 Å². The molecule has 4 nitrogen and oxygen atoms in total. The number of nitrogens with one attached hydrogen (secondary N) is 1. The summed E-state index contributed by atoms with van der Waals surface area (Å²) in [6, 6.07) is 6.88. The molecule has 1 aromatic carbocycles. The molecule has 0 bridgehead atoms. The molecule has 6 heteroatoms. The second-order valence-corrected chi connectivity index (χ2v) is 5.79. The molecule has 0 radical (unpaired) electrons. The lowest BCUT2D eigenvalue weighted by atomic mass is 10.1. The summed E-state index contributed by atoms with van der Waals surface area (Å²) in [4.78, 5) is 11.9. The molecule has 0 unspecified atom stereocenters. The Morgan fingerprint density at radius 1 is 1.30 bits per heavy atom. The molecule has 2 rings (SSSR count). The lowest BCUT2D eigenvalue weighted by molar-refractivity contribution is -0.385. The fourth-order valence-electron chi connectivity index (χ4n) is 2.00. The summed E-state index contributed by atoms with van der Waals surface area (Å²) in [5.74, 6) is 0. The van der Waals surface area contributed by atoms with Crippen molar-refractivity contribution in [1.29, 1.82) is 0 Å². The van der Waals surface area contributed by atoms with E-state index in [1.807, 2.05) is 0 Å². The maximum atomic E-state index is 11.0. The number of nitrogens with zero attached hydrogens (tertiary/aromatic N) is 1. The molecule has 0 aliphatic heterocycles. The van der Waals surface area contributed by atoms with Crippen LogP contribution < -0.4 is 5.32 Å². The zero-order valence-electron chi connectivity index (χ0n) is 11.1. The minimum Gasteiger partial charge on any atom is -0.308 e. The zero-order valence-corrected chi connectivity index (χ0v) is 12.6. The Bertz CT molecular complexity index is 613. The molecule has 0 spiro atoms. The first-order valence-corrected chi connectivity index (χ1v) is 7.56. The third-order valence-corrected chi connectivity index (χ3v) is 4.26. The molecule has 1 heterocycles. The van der Waals surface area contributed by atoms with E-state index in [-0.39, 0.29) is 5.69 Å². The fourth-order valence-corrected chi connectivity index (χ4v) is 3.12. The highest BCUT2D eigenvalue weighted by atomic mass is 35.5. The smallest absolute Gasteiger partial charge is 0.275 e. The van der Waals surface area contributed by atoms with E-state index < -0.39 is 4.92 Å². The predicted molar refractivity (Wildman–Crippen MR) is 82.3 cm³/mol. The summed E-state index contributed by atoms with van der Waals surface area (Å²) in [5, 5.41) is 16.7. The van der Waals surface area contributed by atoms with Crippen LogP contribution in [-0.4, -0.2) is 4.92 Å². The van der Waals surface area contributed by atoms with Gasteiger partial charge in [0.05, 0.1) is 4.92 Å². The minimum atomic E-state index is -0.397. The van der Waals surface area contributed by atoms with E-state index in [0.717, 1.165) is 13.0 Å². The summed E-state index contributed by atoms with van der Waals surface area (Å²) in [5.41, 5.74) is 2.04. The number of halogens is 1. The summed E-state index contributed by atoms with van der Waals surface area (Å²) in [6.07, 6.45) is 1.00. The van der Waals surface area contributed by atoms with Crippen LogP contribution in [0.4, 0.5) is 5.69 Å². The number of nitro benzene ring substituents is 1. The first-order valence-electron chi connectivity index (χ1n) is 6.30. The number of rotatable bonds is 6. The van der Waals surface area contributed by atoms with Gasteiger partial charge in [0.25, 0.3) is 5.69 Å². The van der Waals surface area contributed by atoms with Crippen LogP contribution in [0.25, 0.3) is 0 Å². The topological polar surface area (TPSA) is 55.2 Å². The number of hydrogen-bond acceptors (Lipinski definition) is 4. The maximum Gasteiger partial charge on any atom is 0.275 e. The molecule has 0 amide bonds. The molecule has 2 aromatic rings. The average Bonchev–Trinajstić information content (AvgIpc) is 2.87. The maximum absolute atomic E-state index is 11.0. The highest BCUT2D eigenvalue weighted by Crippen LogP contribution is 2.23. The second kappa shape index (κ2) is 6.83. The molecular formula is C14H15ClN2O2S. The van der Waals surface area contributed by atoms with E-state index in [2.05, 4.69) is 23.7 Å². The van der Waals surface area contributed by atoms with Crippen LogP contribution in [0.15, 0.2) is 29.6 Å². The van der Waals surface area contributed by atoms with Gasteiger partial charge in [-0.25, -0.2) is 0 Å². The predicted octanol–water partition coefficient (Wildman–Crippen LogP) is 4.16. The Morgan fingerprint density at radius 3 is 2.80 bits per heavy atom. The number of nitro groups is 1. The van der Waals surface area contributed by atoms with Crippen molar-refractivity contribution in [3.05, 3.63) is 60.8 Å². The van der Waals surface area contributed by atoms with E-state index in [4.69, 9.17) is 11.6 Å². The van der Waals surface area contributed by atoms with Gasteiger partial charge in [0.1, 0.15) is 0 Å². The van der Waals surface area contributed by atoms with Gasteiger partial charge in [0.15, 0.2) is 0 Å². The van der Waals surface area contributed by atoms with Gasteiger partial charge in [-0.2, -0.15) is 0 Å². The second-order valence-electron chi connectivity index (χ2n) is 4.36. The third kappa shape index (κ3) is 3.56. The number of hydrogen-bond donors (Lipinski definition) is 1. The minimum absolute atomic E-state index is 0.0619. The van der Waals surface area contributed by atoms with Gasteiger partial charge in [-0.3, -0.25) is 10.1 Å². The van der Waals surface area contributed by atoms with Crippen molar-refractivity contribution in [3.63, 3.8) is 0 Å². The molecule has 1 aromatic heterocycles. The fraction of sp³-hybridized carbons (Fsp3) is 0.286. The van der Waals surface area contributed by atoms with Gasteiger partial charge in [-0.05, 0) is 35.6 Å². The lowest BCUT2D eigenvalue weighted by Gasteiger charge is -2.06. The van der Waals surface area contributed by atoms with E-state index in [1.165, 1.54) is 16.5 Å². The van der Waals surface area contributed by atoms with Crippen LogP contribution in [0, 0.1) is 10.1 Å². The van der Waals surface area contributed by atoms with Crippen LogP contribution in [-0.2, 0) is 19.5 Å². The van der Waals surface area contributed by atoms with Crippen LogP contribution in [0.1, 0.15) is 22.9 Å². The monoisotopic (exact) mass is 310 g/mol. The molecular weight excluding hydrogens is 296 g/mol. The summed E-state index contributed by atoms with van der Waals surface area (Å²) in [6.45, 7) is 3.30. The molecule has 20 heavy (non-hydrogen) atoms. The summed E-state index contributed by atoms with van der Waals surface area (Å²) >= 11 is 7.50. The Kier molecular flexibility index (Phi) is 5.11. The van der Waals surface area contributed by atoms with E-state index in [1.54, 1.807) is 23.5 Å². The van der Waals surface area contributed by atoms with E-state index in [0.29, 0.717) is 17.1 Å². The molecule has 106 valence electrons. The van der Waals surface area contributed by atoms with Crippen molar-refractivity contribution >= 4 is 28.6 Å². The summed E-state index contributed by atoms with van der Waals surface area (Å²) in [7, 11) is 0. The number of benzene rings is 1. The Balaban J connectivity index is 2.03. The Morgan fingerprint density at radius 2 is 2.10 bits per heavy atom. The van der Waals surface area contributed by atoms with Gasteiger partial charge in [-0.15, -0.1) is 11.3 Å². The van der Waals surface area contributed by atoms with Crippen molar-refractivity contribution in [1.82, 2.24) is 5.32 Å². The van der Waals surface area contributed by atoms with Crippen LogP contribution in [0.3, 0.4) is 0 Å². The van der Waals surface area contributed by atoms with Gasteiger partial charge in [0.2, 0.25) is 0 Å². The van der Waals surface area contributed by atoms with E-state index in [9.17, 15) is 10.1 Å². The molecule has 0 aliphatic carbocycles. The average molecular weight is 311 g/mol. The molecule has 0 saturated carbocycles. The number of aryl methyl sites for hydroxylation is 1. The zero-order chi connectivity index (χ0) is 14.5. The van der Waals surface area contributed by atoms with Crippen molar-refractivity contribution in [2.24, 2.45) is 0 Å². The standard InChI is InChI=1S/C14H15ClN2O2S/c1-2-10-5-6-20-14(10)9-16-8-11-3-4-12(15)7-13(11)17(18)19/h3-7,16H,2,8-9H2,1H3. The third-order valence-electron chi connectivity index (χ3n) is 3.06. The molecule has 0 atom stereocenters. The first-order chi connectivity index (χ1) is 9.61. The van der Waals surface area contributed by atoms with Crippen LogP contribution >= 0.6 is 22.9 Å². The van der Waals surface area contributed by atoms with E-state index >= 15 is 0 Å². The molecule has 1 N–H and O–H groups in total. The highest BCUT2D eigenvalue weighted by molar-refractivity contribution is 7.10. The molecule has 0 fully saturated rings. The van der Waals surface area contributed by atoms with Crippen molar-refractivity contribution in [2.45, 2.75) is 26.4 Å². The normalized spacial score (nSPS) is 10.7. The van der Waals surface area contributed by atoms with Crippen LogP contribution in [0.2, 0.25) is 5.02 Å². The molecule has 0 saturated heterocycles. The molecule has 0 aliphatic rings. The Labute approximate surface area is 126 Å². The van der Waals surface area contributed by atoms with Crippen molar-refractivity contribution < 1.29 is 4.92 Å². The quantitative estimate of drug-likeness (QED) is 0.644. The van der Waals surface area contributed by atoms with Crippen molar-refractivity contribution in [2.75, 3.05) is 0 Å². The highest BCUT2D eigenvalue weighted by Gasteiger charge is 2.13. The number of thiophene rings is 1. The van der Waals surface area contributed by atoms with Gasteiger partial charge >= 0.3 is 0 Å².